The lowest BCUT2D eigenvalue weighted by atomic mass is 10.1. The fourth-order valence-electron chi connectivity index (χ4n) is 2.40. The van der Waals surface area contributed by atoms with E-state index in [4.69, 9.17) is 4.74 Å². The molecule has 132 valence electrons. The van der Waals surface area contributed by atoms with Gasteiger partial charge >= 0.3 is 6.18 Å². The standard InChI is InChI=1S/C17H21F3N2O2/c1-12(22(2)10-13-5-4-8-24-11-13)16(23)21-15-7-3-6-14(9-15)17(18,19)20/h3,5-7,9,12H,4,8,10-11H2,1-2H3,(H,21,23). The van der Waals surface area contributed by atoms with E-state index in [0.717, 1.165) is 24.1 Å². The Hall–Kier alpha value is -1.86. The normalized spacial score (nSPS) is 16.7. The van der Waals surface area contributed by atoms with E-state index in [0.29, 0.717) is 19.8 Å². The molecule has 0 aromatic heterocycles. The van der Waals surface area contributed by atoms with Gasteiger partial charge in [0.25, 0.3) is 0 Å². The number of hydrogen-bond donors (Lipinski definition) is 1. The third kappa shape index (κ3) is 5.07. The Morgan fingerprint density at radius 2 is 2.17 bits per heavy atom. The number of alkyl halides is 3. The lowest BCUT2D eigenvalue weighted by Crippen LogP contribution is -2.41. The molecule has 0 radical (unpaired) electrons. The van der Waals surface area contributed by atoms with Crippen LogP contribution >= 0.6 is 0 Å². The fraction of sp³-hybridized carbons (Fsp3) is 0.471. The summed E-state index contributed by atoms with van der Waals surface area (Å²) >= 11 is 0. The second-order valence-corrected chi connectivity index (χ2v) is 5.86. The summed E-state index contributed by atoms with van der Waals surface area (Å²) in [6.07, 6.45) is -1.48. The van der Waals surface area contributed by atoms with Gasteiger partial charge in [0, 0.05) is 12.2 Å². The topological polar surface area (TPSA) is 41.6 Å². The van der Waals surface area contributed by atoms with Gasteiger partial charge in [0.15, 0.2) is 0 Å². The average molecular weight is 342 g/mol. The molecule has 2 rings (SSSR count). The molecule has 0 saturated carbocycles. The highest BCUT2D eigenvalue weighted by atomic mass is 19.4. The summed E-state index contributed by atoms with van der Waals surface area (Å²) in [5.74, 6) is -0.353. The first-order valence-corrected chi connectivity index (χ1v) is 7.71. The van der Waals surface area contributed by atoms with Crippen LogP contribution in [-0.4, -0.2) is 43.7 Å². The van der Waals surface area contributed by atoms with Crippen molar-refractivity contribution in [1.29, 1.82) is 0 Å². The summed E-state index contributed by atoms with van der Waals surface area (Å²) in [7, 11) is 1.80. The van der Waals surface area contributed by atoms with Crippen LogP contribution in [0.2, 0.25) is 0 Å². The van der Waals surface area contributed by atoms with E-state index >= 15 is 0 Å². The smallest absolute Gasteiger partial charge is 0.377 e. The zero-order valence-corrected chi connectivity index (χ0v) is 13.7. The Bertz CT molecular complexity index is 614. The van der Waals surface area contributed by atoms with E-state index < -0.39 is 17.8 Å². The molecule has 1 aromatic carbocycles. The molecule has 1 atom stereocenters. The van der Waals surface area contributed by atoms with Crippen LogP contribution in [-0.2, 0) is 15.7 Å². The molecular weight excluding hydrogens is 321 g/mol. The highest BCUT2D eigenvalue weighted by molar-refractivity contribution is 5.94. The molecule has 1 amide bonds. The summed E-state index contributed by atoms with van der Waals surface area (Å²) in [6.45, 7) is 3.55. The van der Waals surface area contributed by atoms with Crippen LogP contribution in [0, 0.1) is 0 Å². The number of hydrogen-bond acceptors (Lipinski definition) is 3. The van der Waals surface area contributed by atoms with E-state index in [9.17, 15) is 18.0 Å². The molecule has 1 aliphatic rings. The van der Waals surface area contributed by atoms with Crippen LogP contribution in [0.15, 0.2) is 35.9 Å². The number of amides is 1. The first kappa shape index (κ1) is 18.5. The molecule has 24 heavy (non-hydrogen) atoms. The van der Waals surface area contributed by atoms with Crippen molar-refractivity contribution in [1.82, 2.24) is 4.90 Å². The Kier molecular flexibility index (Phi) is 6.01. The number of carbonyl (C=O) groups is 1. The Labute approximate surface area is 139 Å². The molecule has 1 aromatic rings. The molecule has 7 heteroatoms. The van der Waals surface area contributed by atoms with Gasteiger partial charge in [-0.2, -0.15) is 13.2 Å². The Balaban J connectivity index is 1.97. The summed E-state index contributed by atoms with van der Waals surface area (Å²) in [6, 6.07) is 4.14. The summed E-state index contributed by atoms with van der Waals surface area (Å²) in [5, 5.41) is 2.54. The Morgan fingerprint density at radius 3 is 2.79 bits per heavy atom. The van der Waals surface area contributed by atoms with Gasteiger partial charge in [-0.3, -0.25) is 9.69 Å². The van der Waals surface area contributed by atoms with Crippen molar-refractivity contribution in [2.24, 2.45) is 0 Å². The lowest BCUT2D eigenvalue weighted by Gasteiger charge is -2.26. The van der Waals surface area contributed by atoms with Crippen LogP contribution in [0.4, 0.5) is 18.9 Å². The van der Waals surface area contributed by atoms with Gasteiger partial charge in [0.2, 0.25) is 5.91 Å². The van der Waals surface area contributed by atoms with Gasteiger partial charge in [0.05, 0.1) is 24.8 Å². The van der Waals surface area contributed by atoms with Crippen LogP contribution < -0.4 is 5.32 Å². The molecule has 1 N–H and O–H groups in total. The van der Waals surface area contributed by atoms with E-state index in [-0.39, 0.29) is 11.6 Å². The maximum atomic E-state index is 12.7. The van der Waals surface area contributed by atoms with E-state index in [2.05, 4.69) is 11.4 Å². The van der Waals surface area contributed by atoms with Gasteiger partial charge in [0.1, 0.15) is 0 Å². The first-order valence-electron chi connectivity index (χ1n) is 7.71. The van der Waals surface area contributed by atoms with Gasteiger partial charge < -0.3 is 10.1 Å². The molecular formula is C17H21F3N2O2. The van der Waals surface area contributed by atoms with Gasteiger partial charge in [-0.05, 0) is 44.2 Å². The third-order valence-electron chi connectivity index (χ3n) is 3.93. The van der Waals surface area contributed by atoms with E-state index in [1.807, 2.05) is 4.90 Å². The van der Waals surface area contributed by atoms with Crippen LogP contribution in [0.1, 0.15) is 18.9 Å². The lowest BCUT2D eigenvalue weighted by molar-refractivity contribution is -0.137. The molecule has 1 aliphatic heterocycles. The van der Waals surface area contributed by atoms with Crippen molar-refractivity contribution in [2.75, 3.05) is 32.1 Å². The molecule has 0 saturated heterocycles. The maximum Gasteiger partial charge on any atom is 0.416 e. The largest absolute Gasteiger partial charge is 0.416 e. The Morgan fingerprint density at radius 1 is 1.42 bits per heavy atom. The number of halogens is 3. The minimum absolute atomic E-state index is 0.135. The summed E-state index contributed by atoms with van der Waals surface area (Å²) in [4.78, 5) is 14.1. The maximum absolute atomic E-state index is 12.7. The number of benzene rings is 1. The molecule has 4 nitrogen and oxygen atoms in total. The minimum atomic E-state index is -4.43. The molecule has 0 fully saturated rings. The predicted octanol–water partition coefficient (Wildman–Crippen LogP) is 3.31. The molecule has 1 unspecified atom stereocenters. The van der Waals surface area contributed by atoms with Crippen molar-refractivity contribution in [3.63, 3.8) is 0 Å². The zero-order valence-electron chi connectivity index (χ0n) is 13.7. The molecule has 0 bridgehead atoms. The van der Waals surface area contributed by atoms with Crippen molar-refractivity contribution in [3.8, 4) is 0 Å². The quantitative estimate of drug-likeness (QED) is 0.835. The van der Waals surface area contributed by atoms with Crippen LogP contribution in [0.5, 0.6) is 0 Å². The van der Waals surface area contributed by atoms with Crippen molar-refractivity contribution in [2.45, 2.75) is 25.6 Å². The minimum Gasteiger partial charge on any atom is -0.377 e. The summed E-state index contributed by atoms with van der Waals surface area (Å²) in [5.41, 5.74) is 0.448. The summed E-state index contributed by atoms with van der Waals surface area (Å²) < 4.78 is 43.5. The second kappa shape index (κ2) is 7.81. The van der Waals surface area contributed by atoms with Crippen molar-refractivity contribution >= 4 is 11.6 Å². The van der Waals surface area contributed by atoms with Crippen molar-refractivity contribution in [3.05, 3.63) is 41.5 Å². The number of carbonyl (C=O) groups excluding carboxylic acids is 1. The van der Waals surface area contributed by atoms with E-state index in [1.165, 1.54) is 12.1 Å². The van der Waals surface area contributed by atoms with Crippen LogP contribution in [0.3, 0.4) is 0 Å². The highest BCUT2D eigenvalue weighted by Gasteiger charge is 2.30. The van der Waals surface area contributed by atoms with Gasteiger partial charge in [-0.25, -0.2) is 0 Å². The molecule has 1 heterocycles. The zero-order chi connectivity index (χ0) is 17.7. The second-order valence-electron chi connectivity index (χ2n) is 5.86. The number of anilines is 1. The SMILES string of the molecule is CC(C(=O)Nc1cccc(C(F)(F)F)c1)N(C)CC1=CCCOC1. The van der Waals surface area contributed by atoms with Crippen LogP contribution in [0.25, 0.3) is 0 Å². The average Bonchev–Trinajstić information content (AvgIpc) is 2.54. The predicted molar refractivity (Wildman–Crippen MR) is 85.7 cm³/mol. The number of nitrogens with one attached hydrogen (secondary N) is 1. The first-order chi connectivity index (χ1) is 11.3. The van der Waals surface area contributed by atoms with Crippen molar-refractivity contribution < 1.29 is 22.7 Å². The monoisotopic (exact) mass is 342 g/mol. The highest BCUT2D eigenvalue weighted by Crippen LogP contribution is 2.30. The van der Waals surface area contributed by atoms with Gasteiger partial charge in [-0.15, -0.1) is 0 Å². The number of nitrogens with zero attached hydrogens (tertiary/aromatic N) is 1. The molecule has 0 aliphatic carbocycles. The number of rotatable bonds is 5. The molecule has 0 spiro atoms. The van der Waals surface area contributed by atoms with Gasteiger partial charge in [-0.1, -0.05) is 12.1 Å². The number of ether oxygens (including phenoxy) is 1. The number of likely N-dealkylation sites (N-methyl/N-ethyl adjacent to an activating group) is 1. The fourth-order valence-corrected chi connectivity index (χ4v) is 2.40. The third-order valence-corrected chi connectivity index (χ3v) is 3.93. The van der Waals surface area contributed by atoms with E-state index in [1.54, 1.807) is 14.0 Å².